The molecule has 0 unspecified atom stereocenters. The Balaban J connectivity index is 1.90. The van der Waals surface area contributed by atoms with Gasteiger partial charge in [0.05, 0.1) is 5.57 Å². The molecule has 3 aliphatic heterocycles. The van der Waals surface area contributed by atoms with Crippen molar-refractivity contribution in [2.75, 3.05) is 26.2 Å². The quantitative estimate of drug-likeness (QED) is 0.727. The topological polar surface area (TPSA) is 58.6 Å². The van der Waals surface area contributed by atoms with Crippen LogP contribution in [-0.2, 0) is 14.3 Å². The maximum absolute atomic E-state index is 12.8. The summed E-state index contributed by atoms with van der Waals surface area (Å²) in [5.41, 5.74) is 0.481. The number of amides is 1. The summed E-state index contributed by atoms with van der Waals surface area (Å²) in [6.45, 7) is 4.92. The Hall–Kier alpha value is -1.36. The van der Waals surface area contributed by atoms with E-state index in [0.29, 0.717) is 24.0 Å². The average molecular weight is 278 g/mol. The van der Waals surface area contributed by atoms with Crippen LogP contribution < -0.4 is 5.32 Å². The smallest absolute Gasteiger partial charge is 0.335 e. The normalized spacial score (nSPS) is 26.1. The van der Waals surface area contributed by atoms with Gasteiger partial charge < -0.3 is 15.0 Å². The van der Waals surface area contributed by atoms with E-state index in [4.69, 9.17) is 4.74 Å². The number of piperidine rings is 2. The van der Waals surface area contributed by atoms with E-state index in [0.717, 1.165) is 39.0 Å². The second-order valence-electron chi connectivity index (χ2n) is 5.99. The predicted octanol–water partition coefficient (Wildman–Crippen LogP) is 0.994. The summed E-state index contributed by atoms with van der Waals surface area (Å²) in [7, 11) is 0. The zero-order valence-electron chi connectivity index (χ0n) is 12.0. The highest BCUT2D eigenvalue weighted by atomic mass is 16.6. The van der Waals surface area contributed by atoms with Crippen LogP contribution in [0.4, 0.5) is 0 Å². The van der Waals surface area contributed by atoms with E-state index in [1.807, 2.05) is 4.90 Å². The van der Waals surface area contributed by atoms with Crippen LogP contribution in [0.1, 0.15) is 39.0 Å². The molecule has 3 heterocycles. The molecule has 2 fully saturated rings. The van der Waals surface area contributed by atoms with Crippen molar-refractivity contribution in [2.24, 2.45) is 0 Å². The van der Waals surface area contributed by atoms with E-state index in [9.17, 15) is 9.59 Å². The van der Waals surface area contributed by atoms with E-state index in [-0.39, 0.29) is 11.9 Å². The van der Waals surface area contributed by atoms with Crippen LogP contribution in [0.5, 0.6) is 0 Å². The fourth-order valence-electron chi connectivity index (χ4n) is 3.54. The SMILES string of the molecule is CC1=C(C(=O)N2CCCCC2)C2(CCNCC2)OC1=O. The first-order valence-corrected chi connectivity index (χ1v) is 7.59. The van der Waals surface area contributed by atoms with Gasteiger partial charge >= 0.3 is 5.97 Å². The minimum atomic E-state index is -0.666. The van der Waals surface area contributed by atoms with Gasteiger partial charge in [-0.3, -0.25) is 4.79 Å². The monoisotopic (exact) mass is 278 g/mol. The molecule has 0 saturated carbocycles. The summed E-state index contributed by atoms with van der Waals surface area (Å²) in [6, 6.07) is 0. The van der Waals surface area contributed by atoms with Crippen molar-refractivity contribution >= 4 is 11.9 Å². The number of hydrogen-bond donors (Lipinski definition) is 1. The molecule has 5 nitrogen and oxygen atoms in total. The van der Waals surface area contributed by atoms with Crippen LogP contribution in [0.3, 0.4) is 0 Å². The Kier molecular flexibility index (Phi) is 3.54. The number of rotatable bonds is 1. The van der Waals surface area contributed by atoms with Crippen LogP contribution in [0.15, 0.2) is 11.1 Å². The molecule has 0 bridgehead atoms. The summed E-state index contributed by atoms with van der Waals surface area (Å²) < 4.78 is 5.63. The lowest BCUT2D eigenvalue weighted by Gasteiger charge is -2.37. The minimum absolute atomic E-state index is 0.0231. The van der Waals surface area contributed by atoms with Crippen LogP contribution >= 0.6 is 0 Å². The first-order chi connectivity index (χ1) is 9.64. The zero-order valence-corrected chi connectivity index (χ0v) is 12.0. The van der Waals surface area contributed by atoms with Crippen LogP contribution in [-0.4, -0.2) is 48.6 Å². The third-order valence-corrected chi connectivity index (χ3v) is 4.69. The molecule has 1 N–H and O–H groups in total. The molecule has 110 valence electrons. The third-order valence-electron chi connectivity index (χ3n) is 4.69. The van der Waals surface area contributed by atoms with Gasteiger partial charge in [0.25, 0.3) is 5.91 Å². The van der Waals surface area contributed by atoms with Gasteiger partial charge in [-0.25, -0.2) is 4.79 Å². The molecule has 0 aromatic heterocycles. The van der Waals surface area contributed by atoms with Gasteiger partial charge in [0.1, 0.15) is 5.60 Å². The highest BCUT2D eigenvalue weighted by molar-refractivity contribution is 6.07. The van der Waals surface area contributed by atoms with E-state index < -0.39 is 5.60 Å². The number of likely N-dealkylation sites (tertiary alicyclic amines) is 1. The number of hydrogen-bond acceptors (Lipinski definition) is 4. The van der Waals surface area contributed by atoms with E-state index in [2.05, 4.69) is 5.32 Å². The van der Waals surface area contributed by atoms with E-state index >= 15 is 0 Å². The molecule has 0 aliphatic carbocycles. The fraction of sp³-hybridized carbons (Fsp3) is 0.733. The summed E-state index contributed by atoms with van der Waals surface area (Å²) in [5.74, 6) is -0.290. The van der Waals surface area contributed by atoms with Crippen LogP contribution in [0, 0.1) is 0 Å². The molecule has 5 heteroatoms. The number of nitrogens with zero attached hydrogens (tertiary/aromatic N) is 1. The second-order valence-corrected chi connectivity index (χ2v) is 5.99. The Morgan fingerprint density at radius 2 is 1.85 bits per heavy atom. The Labute approximate surface area is 119 Å². The fourth-order valence-corrected chi connectivity index (χ4v) is 3.54. The Morgan fingerprint density at radius 3 is 2.50 bits per heavy atom. The van der Waals surface area contributed by atoms with Gasteiger partial charge in [-0.2, -0.15) is 0 Å². The van der Waals surface area contributed by atoms with Gasteiger partial charge in [-0.1, -0.05) is 0 Å². The number of esters is 1. The minimum Gasteiger partial charge on any atom is -0.450 e. The van der Waals surface area contributed by atoms with Crippen LogP contribution in [0.2, 0.25) is 0 Å². The van der Waals surface area contributed by atoms with Gasteiger partial charge in [-0.15, -0.1) is 0 Å². The molecular formula is C15H22N2O3. The van der Waals surface area contributed by atoms with Gasteiger partial charge in [-0.05, 0) is 39.3 Å². The summed E-state index contributed by atoms with van der Waals surface area (Å²) >= 11 is 0. The number of carbonyl (C=O) groups is 2. The van der Waals surface area contributed by atoms with Crippen molar-refractivity contribution in [1.29, 1.82) is 0 Å². The molecule has 1 spiro atoms. The van der Waals surface area contributed by atoms with Crippen molar-refractivity contribution in [3.8, 4) is 0 Å². The van der Waals surface area contributed by atoms with E-state index in [1.54, 1.807) is 6.92 Å². The van der Waals surface area contributed by atoms with Crippen LogP contribution in [0.25, 0.3) is 0 Å². The van der Waals surface area contributed by atoms with Gasteiger partial charge in [0.2, 0.25) is 0 Å². The Bertz CT molecular complexity index is 458. The first-order valence-electron chi connectivity index (χ1n) is 7.59. The third kappa shape index (κ3) is 2.14. The molecule has 2 saturated heterocycles. The molecule has 1 amide bonds. The summed E-state index contributed by atoms with van der Waals surface area (Å²) in [5, 5.41) is 3.27. The zero-order chi connectivity index (χ0) is 14.2. The molecular weight excluding hydrogens is 256 g/mol. The molecule has 3 aliphatic rings. The standard InChI is InChI=1S/C15H22N2O3/c1-11-12(13(18)17-9-3-2-4-10-17)15(20-14(11)19)5-7-16-8-6-15/h16H,2-10H2,1H3. The lowest BCUT2D eigenvalue weighted by molar-refractivity contribution is -0.149. The highest BCUT2D eigenvalue weighted by Crippen LogP contribution is 2.40. The second kappa shape index (κ2) is 5.20. The Morgan fingerprint density at radius 1 is 1.20 bits per heavy atom. The maximum Gasteiger partial charge on any atom is 0.335 e. The molecule has 0 aromatic carbocycles. The molecule has 3 rings (SSSR count). The highest BCUT2D eigenvalue weighted by Gasteiger charge is 2.50. The lowest BCUT2D eigenvalue weighted by Crippen LogP contribution is -2.48. The van der Waals surface area contributed by atoms with Crippen molar-refractivity contribution in [1.82, 2.24) is 10.2 Å². The van der Waals surface area contributed by atoms with Gasteiger partial charge in [0, 0.05) is 31.5 Å². The molecule has 20 heavy (non-hydrogen) atoms. The number of ether oxygens (including phenoxy) is 1. The average Bonchev–Trinajstić information content (AvgIpc) is 2.71. The van der Waals surface area contributed by atoms with Crippen molar-refractivity contribution in [3.05, 3.63) is 11.1 Å². The summed E-state index contributed by atoms with van der Waals surface area (Å²) in [4.78, 5) is 26.7. The van der Waals surface area contributed by atoms with Crippen molar-refractivity contribution in [3.63, 3.8) is 0 Å². The molecule has 0 atom stereocenters. The molecule has 0 radical (unpaired) electrons. The number of nitrogens with one attached hydrogen (secondary N) is 1. The maximum atomic E-state index is 12.8. The number of carbonyl (C=O) groups excluding carboxylic acids is 2. The largest absolute Gasteiger partial charge is 0.450 e. The summed E-state index contributed by atoms with van der Waals surface area (Å²) in [6.07, 6.45) is 4.70. The predicted molar refractivity (Wildman–Crippen MR) is 74.1 cm³/mol. The van der Waals surface area contributed by atoms with Gasteiger partial charge in [0.15, 0.2) is 0 Å². The molecule has 0 aromatic rings. The van der Waals surface area contributed by atoms with E-state index in [1.165, 1.54) is 6.42 Å². The first kappa shape index (κ1) is 13.6. The van der Waals surface area contributed by atoms with Crippen molar-refractivity contribution < 1.29 is 14.3 Å². The lowest BCUT2D eigenvalue weighted by atomic mass is 9.83. The van der Waals surface area contributed by atoms with Crippen molar-refractivity contribution in [2.45, 2.75) is 44.6 Å².